The number of hydrogen-bond acceptors (Lipinski definition) is 7. The predicted octanol–water partition coefficient (Wildman–Crippen LogP) is 4.02. The molecular formula is C24H25N5O3. The molecule has 1 aliphatic carbocycles. The van der Waals surface area contributed by atoms with Crippen LogP contribution in [0.4, 0.5) is 5.95 Å². The van der Waals surface area contributed by atoms with E-state index in [9.17, 15) is 4.79 Å². The number of ether oxygens (including phenoxy) is 2. The quantitative estimate of drug-likeness (QED) is 0.667. The highest BCUT2D eigenvalue weighted by molar-refractivity contribution is 6.00. The third-order valence-corrected chi connectivity index (χ3v) is 5.91. The number of aromatic nitrogens is 4. The fraction of sp³-hybridized carbons (Fsp3) is 0.333. The number of allylic oxidation sites excluding steroid dienone is 2. The maximum atomic E-state index is 13.3. The molecule has 164 valence electrons. The molecule has 1 N–H and O–H groups in total. The molecule has 1 aromatic carbocycles. The van der Waals surface area contributed by atoms with E-state index in [1.165, 1.54) is 0 Å². The average molecular weight is 431 g/mol. The largest absolute Gasteiger partial charge is 0.497 e. The van der Waals surface area contributed by atoms with Gasteiger partial charge >= 0.3 is 0 Å². The lowest BCUT2D eigenvalue weighted by molar-refractivity contribution is -0.118. The average Bonchev–Trinajstić information content (AvgIpc) is 3.20. The highest BCUT2D eigenvalue weighted by Crippen LogP contribution is 2.45. The number of nitrogens with zero attached hydrogens (tertiary/aromatic N) is 4. The molecule has 0 fully saturated rings. The van der Waals surface area contributed by atoms with E-state index in [0.29, 0.717) is 29.7 Å². The predicted molar refractivity (Wildman–Crippen MR) is 120 cm³/mol. The van der Waals surface area contributed by atoms with Crippen LogP contribution < -0.4 is 14.8 Å². The van der Waals surface area contributed by atoms with Gasteiger partial charge in [0.05, 0.1) is 19.9 Å². The van der Waals surface area contributed by atoms with Crippen LogP contribution in [0.2, 0.25) is 0 Å². The van der Waals surface area contributed by atoms with Gasteiger partial charge in [0.25, 0.3) is 0 Å². The fourth-order valence-corrected chi connectivity index (χ4v) is 4.48. The van der Waals surface area contributed by atoms with Gasteiger partial charge in [-0.05, 0) is 36.1 Å². The van der Waals surface area contributed by atoms with Crippen LogP contribution in [0.1, 0.15) is 38.4 Å². The van der Waals surface area contributed by atoms with Crippen molar-refractivity contribution in [3.63, 3.8) is 0 Å². The first kappa shape index (κ1) is 20.2. The zero-order valence-electron chi connectivity index (χ0n) is 18.5. The Morgan fingerprint density at radius 2 is 1.84 bits per heavy atom. The highest BCUT2D eigenvalue weighted by atomic mass is 16.5. The minimum Gasteiger partial charge on any atom is -0.497 e. The van der Waals surface area contributed by atoms with Gasteiger partial charge in [0.1, 0.15) is 17.5 Å². The van der Waals surface area contributed by atoms with Crippen molar-refractivity contribution in [3.05, 3.63) is 59.6 Å². The number of rotatable bonds is 4. The molecule has 0 saturated carbocycles. The Morgan fingerprint density at radius 3 is 2.50 bits per heavy atom. The van der Waals surface area contributed by atoms with E-state index in [1.54, 1.807) is 31.2 Å². The van der Waals surface area contributed by atoms with Crippen LogP contribution in [0.3, 0.4) is 0 Å². The van der Waals surface area contributed by atoms with Gasteiger partial charge in [-0.3, -0.25) is 9.78 Å². The van der Waals surface area contributed by atoms with Crippen LogP contribution >= 0.6 is 0 Å². The summed E-state index contributed by atoms with van der Waals surface area (Å²) in [7, 11) is 3.21. The molecule has 0 amide bonds. The molecule has 0 spiro atoms. The Bertz CT molecular complexity index is 1210. The number of Topliss-reactive ketones (excluding diaryl/α,β-unsaturated/α-hetero) is 1. The Hall–Kier alpha value is -3.68. The van der Waals surface area contributed by atoms with E-state index in [0.717, 1.165) is 28.9 Å². The van der Waals surface area contributed by atoms with Crippen LogP contribution in [0.5, 0.6) is 11.5 Å². The molecule has 32 heavy (non-hydrogen) atoms. The van der Waals surface area contributed by atoms with E-state index in [1.807, 2.05) is 30.3 Å². The SMILES string of the molecule is COc1cc(OC)cc(-c2nc3n(n2)C(c2ccccn2)C2=C(CC(C)(C)CC2=O)N3)c1. The minimum atomic E-state index is -0.431. The van der Waals surface area contributed by atoms with Crippen molar-refractivity contribution in [2.45, 2.75) is 32.7 Å². The number of benzene rings is 1. The van der Waals surface area contributed by atoms with E-state index < -0.39 is 6.04 Å². The van der Waals surface area contributed by atoms with Crippen molar-refractivity contribution in [2.75, 3.05) is 19.5 Å². The number of hydrogen-bond donors (Lipinski definition) is 1. The van der Waals surface area contributed by atoms with Crippen molar-refractivity contribution in [1.29, 1.82) is 0 Å². The smallest absolute Gasteiger partial charge is 0.226 e. The molecule has 0 bridgehead atoms. The molecule has 8 heteroatoms. The van der Waals surface area contributed by atoms with Gasteiger partial charge in [0, 0.05) is 35.5 Å². The standard InChI is InChI=1S/C24H25N5O3/c1-24(2)12-18-20(19(30)13-24)21(17-7-5-6-8-25-17)29-23(26-18)27-22(28-29)14-9-15(31-3)11-16(10-14)32-4/h5-11,21H,12-13H2,1-4H3,(H,26,27,28). The summed E-state index contributed by atoms with van der Waals surface area (Å²) in [5.41, 5.74) is 3.01. The number of methoxy groups -OCH3 is 2. The third-order valence-electron chi connectivity index (χ3n) is 5.91. The van der Waals surface area contributed by atoms with Gasteiger partial charge in [0.2, 0.25) is 5.95 Å². The van der Waals surface area contributed by atoms with Gasteiger partial charge in [-0.25, -0.2) is 4.68 Å². The highest BCUT2D eigenvalue weighted by Gasteiger charge is 2.42. The number of fused-ring (bicyclic) bond motifs is 1. The minimum absolute atomic E-state index is 0.116. The maximum absolute atomic E-state index is 13.3. The molecule has 0 radical (unpaired) electrons. The number of carbonyl (C=O) groups is 1. The first-order valence-electron chi connectivity index (χ1n) is 10.5. The summed E-state index contributed by atoms with van der Waals surface area (Å²) in [6.07, 6.45) is 2.98. The zero-order chi connectivity index (χ0) is 22.5. The van der Waals surface area contributed by atoms with Crippen LogP contribution in [-0.2, 0) is 4.79 Å². The van der Waals surface area contributed by atoms with Gasteiger partial charge < -0.3 is 14.8 Å². The number of anilines is 1. The lowest BCUT2D eigenvalue weighted by Crippen LogP contribution is -2.36. The monoisotopic (exact) mass is 431 g/mol. The zero-order valence-corrected chi connectivity index (χ0v) is 18.5. The van der Waals surface area contributed by atoms with Crippen molar-refractivity contribution in [2.24, 2.45) is 5.41 Å². The molecule has 8 nitrogen and oxygen atoms in total. The van der Waals surface area contributed by atoms with Crippen LogP contribution in [0.15, 0.2) is 53.9 Å². The Morgan fingerprint density at radius 1 is 1.09 bits per heavy atom. The number of carbonyl (C=O) groups excluding carboxylic acids is 1. The van der Waals surface area contributed by atoms with Crippen molar-refractivity contribution >= 4 is 11.7 Å². The summed E-state index contributed by atoms with van der Waals surface area (Å²) < 4.78 is 12.6. The first-order chi connectivity index (χ1) is 15.4. The summed E-state index contributed by atoms with van der Waals surface area (Å²) in [4.78, 5) is 22.6. The summed E-state index contributed by atoms with van der Waals surface area (Å²) in [5, 5.41) is 8.19. The first-order valence-corrected chi connectivity index (χ1v) is 10.5. The van der Waals surface area contributed by atoms with Gasteiger partial charge in [0.15, 0.2) is 11.6 Å². The molecule has 1 unspecified atom stereocenters. The molecule has 5 rings (SSSR count). The van der Waals surface area contributed by atoms with Crippen LogP contribution in [0.25, 0.3) is 11.4 Å². The second-order valence-electron chi connectivity index (χ2n) is 8.92. The molecule has 2 aromatic heterocycles. The van der Waals surface area contributed by atoms with E-state index >= 15 is 0 Å². The topological polar surface area (TPSA) is 91.2 Å². The second kappa shape index (κ2) is 7.47. The van der Waals surface area contributed by atoms with Crippen molar-refractivity contribution in [1.82, 2.24) is 19.7 Å². The molecule has 0 saturated heterocycles. The second-order valence-corrected chi connectivity index (χ2v) is 8.92. The molecule has 3 heterocycles. The van der Waals surface area contributed by atoms with Crippen molar-refractivity contribution in [3.8, 4) is 22.9 Å². The molecule has 3 aromatic rings. The maximum Gasteiger partial charge on any atom is 0.226 e. The Balaban J connectivity index is 1.66. The molecule has 1 atom stereocenters. The van der Waals surface area contributed by atoms with Crippen LogP contribution in [0, 0.1) is 5.41 Å². The summed E-state index contributed by atoms with van der Waals surface area (Å²) in [6, 6.07) is 10.8. The van der Waals surface area contributed by atoms with Gasteiger partial charge in [-0.15, -0.1) is 5.10 Å². The van der Waals surface area contributed by atoms with Crippen LogP contribution in [-0.4, -0.2) is 39.8 Å². The van der Waals surface area contributed by atoms with Gasteiger partial charge in [-0.2, -0.15) is 4.98 Å². The van der Waals surface area contributed by atoms with E-state index in [4.69, 9.17) is 19.6 Å². The number of nitrogens with one attached hydrogen (secondary N) is 1. The summed E-state index contributed by atoms with van der Waals surface area (Å²) in [5.74, 6) is 2.51. The summed E-state index contributed by atoms with van der Waals surface area (Å²) >= 11 is 0. The van der Waals surface area contributed by atoms with E-state index in [-0.39, 0.29) is 11.2 Å². The number of ketones is 1. The fourth-order valence-electron chi connectivity index (χ4n) is 4.48. The molecular weight excluding hydrogens is 406 g/mol. The lowest BCUT2D eigenvalue weighted by Gasteiger charge is -2.37. The Kier molecular flexibility index (Phi) is 4.73. The molecule has 2 aliphatic rings. The Labute approximate surface area is 186 Å². The lowest BCUT2D eigenvalue weighted by atomic mass is 9.73. The van der Waals surface area contributed by atoms with Gasteiger partial charge in [-0.1, -0.05) is 19.9 Å². The number of pyridine rings is 1. The summed E-state index contributed by atoms with van der Waals surface area (Å²) in [6.45, 7) is 4.22. The van der Waals surface area contributed by atoms with E-state index in [2.05, 4.69) is 24.1 Å². The molecule has 1 aliphatic heterocycles. The third kappa shape index (κ3) is 3.41. The van der Waals surface area contributed by atoms with Crippen molar-refractivity contribution < 1.29 is 14.3 Å². The normalized spacial score (nSPS) is 19.1.